The highest BCUT2D eigenvalue weighted by Crippen LogP contribution is 2.42. The number of nitrogens with two attached hydrogens (primary N) is 1. The first-order valence-corrected chi connectivity index (χ1v) is 27.9. The summed E-state index contributed by atoms with van der Waals surface area (Å²) in [5.74, 6) is 1.39. The second-order valence-electron chi connectivity index (χ2n) is 21.2. The summed E-state index contributed by atoms with van der Waals surface area (Å²) in [6.07, 6.45) is -6.34. The summed E-state index contributed by atoms with van der Waals surface area (Å²) in [5, 5.41) is 73.0. The lowest BCUT2D eigenvalue weighted by Gasteiger charge is -2.38. The molecule has 8 rings (SSSR count). The van der Waals surface area contributed by atoms with E-state index < -0.39 is 79.4 Å². The van der Waals surface area contributed by atoms with Crippen LogP contribution in [0.1, 0.15) is 72.2 Å². The van der Waals surface area contributed by atoms with E-state index in [2.05, 4.69) is 49.6 Å². The average Bonchev–Trinajstić information content (AvgIpc) is 2.22. The van der Waals surface area contributed by atoms with Crippen LogP contribution >= 0.6 is 0 Å². The molecule has 0 bridgehead atoms. The van der Waals surface area contributed by atoms with Gasteiger partial charge in [0.05, 0.1) is 79.7 Å². The Balaban J connectivity index is 0.919. The van der Waals surface area contributed by atoms with Crippen LogP contribution in [0.4, 0.5) is 21.9 Å². The van der Waals surface area contributed by atoms with Crippen molar-refractivity contribution in [3.63, 3.8) is 0 Å². The number of fused-ring (bicyclic) bond motifs is 2. The number of anilines is 3. The topological polar surface area (TPSA) is 393 Å². The number of carboxylic acid groups (broad SMARTS) is 1. The first kappa shape index (κ1) is 65.1. The third-order valence-electron chi connectivity index (χ3n) is 14.4. The van der Waals surface area contributed by atoms with Gasteiger partial charge in [-0.05, 0) is 69.4 Å². The molecule has 474 valence electrons. The Morgan fingerprint density at radius 1 is 0.830 bits per heavy atom. The molecule has 2 aromatic carbocycles. The highest BCUT2D eigenvalue weighted by Gasteiger charge is 2.49. The number of hydrogen-bond donors (Lipinski definition) is 10. The SMILES string of the molecule is C=C1C[C@H]2C(O)N(C(=O)OCc3ccc(O[C@@H]4O[C@H](C(=O)O)[C@@H](O)[C@H](O)[C@H]4O)c(C(=O)NCCOCCON)c3)c3cc(OCCCn4cc(C(=C)Nc5cc(C(=O)Nc6cc(C(=O)NCCCN(C)C)n(C)c6)n(C)c5)nn4)c(OC)cc3C(=O)N2C1. The molecule has 2 saturated heterocycles. The molecular formula is C57H73N13O18. The van der Waals surface area contributed by atoms with E-state index >= 15 is 0 Å². The fourth-order valence-electron chi connectivity index (χ4n) is 9.96. The van der Waals surface area contributed by atoms with Crippen LogP contribution in [0.2, 0.25) is 0 Å². The Labute approximate surface area is 504 Å². The third kappa shape index (κ3) is 15.4. The van der Waals surface area contributed by atoms with E-state index in [1.807, 2.05) is 19.0 Å². The van der Waals surface area contributed by atoms with Crippen LogP contribution in [-0.2, 0) is 51.1 Å². The number of aromatic nitrogens is 5. The van der Waals surface area contributed by atoms with Gasteiger partial charge in [0.1, 0.15) is 47.8 Å². The molecule has 31 heteroatoms. The minimum Gasteiger partial charge on any atom is -0.493 e. The lowest BCUT2D eigenvalue weighted by molar-refractivity contribution is -0.271. The van der Waals surface area contributed by atoms with Crippen molar-refractivity contribution in [2.75, 3.05) is 89.3 Å². The maximum absolute atomic E-state index is 14.5. The second-order valence-corrected chi connectivity index (χ2v) is 21.2. The van der Waals surface area contributed by atoms with Crippen molar-refractivity contribution in [3.8, 4) is 17.2 Å². The predicted octanol–water partition coefficient (Wildman–Crippen LogP) is 0.603. The van der Waals surface area contributed by atoms with Crippen molar-refractivity contribution < 1.29 is 87.6 Å². The number of aliphatic hydroxyl groups excluding tert-OH is 4. The molecule has 0 spiro atoms. The van der Waals surface area contributed by atoms with Gasteiger partial charge in [0, 0.05) is 65.2 Å². The average molecular weight is 1230 g/mol. The van der Waals surface area contributed by atoms with Gasteiger partial charge in [0.25, 0.3) is 23.6 Å². The fraction of sp³-hybridized carbons (Fsp3) is 0.439. The molecule has 0 radical (unpaired) electrons. The normalized spacial score (nSPS) is 19.8. The minimum absolute atomic E-state index is 0.0225. The number of benzene rings is 2. The summed E-state index contributed by atoms with van der Waals surface area (Å²) < 4.78 is 39.0. The van der Waals surface area contributed by atoms with Crippen LogP contribution in [0.25, 0.3) is 5.70 Å². The fourth-order valence-corrected chi connectivity index (χ4v) is 9.96. The van der Waals surface area contributed by atoms with Crippen LogP contribution in [0.3, 0.4) is 0 Å². The maximum Gasteiger partial charge on any atom is 0.416 e. The zero-order chi connectivity index (χ0) is 63.5. The number of carbonyl (C=O) groups excluding carboxylic acids is 5. The lowest BCUT2D eigenvalue weighted by atomic mass is 9.99. The summed E-state index contributed by atoms with van der Waals surface area (Å²) in [4.78, 5) is 89.3. The summed E-state index contributed by atoms with van der Waals surface area (Å²) >= 11 is 0. The number of ether oxygens (including phenoxy) is 6. The van der Waals surface area contributed by atoms with E-state index in [4.69, 9.17) is 34.3 Å². The molecule has 1 unspecified atom stereocenters. The van der Waals surface area contributed by atoms with Crippen molar-refractivity contribution in [2.45, 2.75) is 75.4 Å². The van der Waals surface area contributed by atoms with Gasteiger partial charge < -0.3 is 99.0 Å². The Hall–Kier alpha value is -8.92. The molecule has 31 nitrogen and oxygen atoms in total. The minimum atomic E-state index is -2.02. The Bertz CT molecular complexity index is 3380. The summed E-state index contributed by atoms with van der Waals surface area (Å²) in [6, 6.07) is 8.99. The second kappa shape index (κ2) is 29.2. The molecule has 7 atom stereocenters. The van der Waals surface area contributed by atoms with Crippen LogP contribution in [0.5, 0.6) is 17.2 Å². The molecule has 5 aromatic rings. The van der Waals surface area contributed by atoms with Crippen molar-refractivity contribution >= 4 is 58.5 Å². The molecule has 3 aliphatic heterocycles. The number of carboxylic acids is 1. The predicted molar refractivity (Wildman–Crippen MR) is 312 cm³/mol. The quantitative estimate of drug-likeness (QED) is 0.0186. The highest BCUT2D eigenvalue weighted by atomic mass is 16.7. The van der Waals surface area contributed by atoms with Crippen molar-refractivity contribution in [2.24, 2.45) is 20.0 Å². The highest BCUT2D eigenvalue weighted by molar-refractivity contribution is 6.07. The van der Waals surface area contributed by atoms with Gasteiger partial charge >= 0.3 is 12.1 Å². The number of nitrogens with one attached hydrogen (secondary N) is 4. The molecule has 0 saturated carbocycles. The molecule has 5 amide bonds. The van der Waals surface area contributed by atoms with Gasteiger partial charge in [0.2, 0.25) is 6.29 Å². The van der Waals surface area contributed by atoms with E-state index in [1.54, 1.807) is 58.6 Å². The maximum atomic E-state index is 14.5. The van der Waals surface area contributed by atoms with Gasteiger partial charge in [-0.3, -0.25) is 23.9 Å². The Morgan fingerprint density at radius 3 is 2.25 bits per heavy atom. The molecule has 3 aliphatic rings. The monoisotopic (exact) mass is 1230 g/mol. The Morgan fingerprint density at radius 2 is 1.55 bits per heavy atom. The standard InChI is InChI=1S/C57H73N13O18/c1-31-20-42-54(78)70(57(81)85-30-33-10-11-43(37(21-33)50(74)60-13-17-83-18-19-86-58)87-56-48(73)46(71)47(72)49(88-56)55(79)80)39-25-45(44(82-7)24-36(39)53(77)69(42)26-31)84-16-9-15-68-29-38(63-64-68)32(2)61-34-22-41(67(6)27-34)52(76)62-35-23-40(66(5)28-35)51(75)59-12-8-14-65(3)4/h10-11,21-25,27-29,42,46-49,54,56,61,71-73,78H,1-2,8-9,12-20,26,30,58H2,3-7H3,(H,59,75)(H,60,74)(H,62,76)(H,79,80)/t42-,46-,47-,48+,49-,54?,56+/m0/s1. The number of carbonyl (C=O) groups is 6. The van der Waals surface area contributed by atoms with Crippen LogP contribution in [0, 0.1) is 0 Å². The number of amides is 5. The molecule has 11 N–H and O–H groups in total. The lowest BCUT2D eigenvalue weighted by Crippen LogP contribution is -2.61. The number of aryl methyl sites for hydroxylation is 3. The van der Waals surface area contributed by atoms with Crippen molar-refractivity contribution in [1.82, 2.24) is 44.6 Å². The Kier molecular flexibility index (Phi) is 21.6. The zero-order valence-electron chi connectivity index (χ0n) is 49.1. The van der Waals surface area contributed by atoms with Crippen LogP contribution < -0.4 is 46.3 Å². The number of nitrogens with zero attached hydrogens (tertiary/aromatic N) is 8. The molecule has 3 aromatic heterocycles. The van der Waals surface area contributed by atoms with Crippen molar-refractivity contribution in [3.05, 3.63) is 114 Å². The largest absolute Gasteiger partial charge is 0.493 e. The number of aliphatic carboxylic acids is 1. The van der Waals surface area contributed by atoms with Gasteiger partial charge in [-0.15, -0.1) is 5.10 Å². The van der Waals surface area contributed by atoms with E-state index in [9.17, 15) is 54.3 Å². The van der Waals surface area contributed by atoms with Gasteiger partial charge in [0.15, 0.2) is 23.8 Å². The van der Waals surface area contributed by atoms with Crippen LogP contribution in [-0.4, -0.2) is 212 Å². The van der Waals surface area contributed by atoms with Crippen LogP contribution in [0.15, 0.2) is 79.8 Å². The smallest absolute Gasteiger partial charge is 0.416 e. The molecule has 2 fully saturated rings. The first-order valence-electron chi connectivity index (χ1n) is 27.9. The van der Waals surface area contributed by atoms with Gasteiger partial charge in [-0.1, -0.05) is 30.0 Å². The van der Waals surface area contributed by atoms with E-state index in [1.165, 1.54) is 42.3 Å². The molecule has 6 heterocycles. The third-order valence-corrected chi connectivity index (χ3v) is 14.4. The number of hydrogen-bond acceptors (Lipinski definition) is 22. The summed E-state index contributed by atoms with van der Waals surface area (Å²) in [7, 11) is 8.74. The summed E-state index contributed by atoms with van der Waals surface area (Å²) in [5.41, 5.74) is 3.01. The summed E-state index contributed by atoms with van der Waals surface area (Å²) in [6.45, 7) is 9.58. The van der Waals surface area contributed by atoms with Gasteiger partial charge in [-0.25, -0.2) is 20.4 Å². The molecular weight excluding hydrogens is 1150 g/mol. The number of methoxy groups -OCH3 is 1. The molecule has 0 aliphatic carbocycles. The van der Waals surface area contributed by atoms with E-state index in [-0.39, 0.29) is 91.5 Å². The first-order chi connectivity index (χ1) is 42.1. The van der Waals surface area contributed by atoms with E-state index in [0.717, 1.165) is 17.9 Å². The van der Waals surface area contributed by atoms with Crippen molar-refractivity contribution in [1.29, 1.82) is 0 Å². The molecule has 88 heavy (non-hydrogen) atoms. The van der Waals surface area contributed by atoms with Gasteiger partial charge in [-0.2, -0.15) is 0 Å². The van der Waals surface area contributed by atoms with E-state index in [0.29, 0.717) is 59.2 Å². The zero-order valence-corrected chi connectivity index (χ0v) is 49.1. The number of aliphatic hydroxyl groups is 4. The number of rotatable bonds is 28.